The maximum Gasteiger partial charge on any atom is 0.257 e. The van der Waals surface area contributed by atoms with Gasteiger partial charge in [0.25, 0.3) is 5.91 Å². The van der Waals surface area contributed by atoms with Gasteiger partial charge in [-0.1, -0.05) is 43.7 Å². The number of aromatic amines is 1. The Kier molecular flexibility index (Phi) is 4.71. The van der Waals surface area contributed by atoms with E-state index in [9.17, 15) is 9.59 Å². The van der Waals surface area contributed by atoms with E-state index in [4.69, 9.17) is 0 Å². The second kappa shape index (κ2) is 6.70. The van der Waals surface area contributed by atoms with Crippen LogP contribution < -0.4 is 10.7 Å². The Morgan fingerprint density at radius 2 is 2.00 bits per heavy atom. The van der Waals surface area contributed by atoms with Gasteiger partial charge in [-0.25, -0.2) is 0 Å². The number of carbonyl (C=O) groups excluding carboxylic acids is 1. The zero-order valence-corrected chi connectivity index (χ0v) is 11.4. The molecular formula is C16H18N2O2. The van der Waals surface area contributed by atoms with Gasteiger partial charge >= 0.3 is 0 Å². The quantitative estimate of drug-likeness (QED) is 0.877. The van der Waals surface area contributed by atoms with E-state index < -0.39 is 0 Å². The summed E-state index contributed by atoms with van der Waals surface area (Å²) in [4.78, 5) is 26.6. The van der Waals surface area contributed by atoms with Crippen LogP contribution >= 0.6 is 0 Å². The summed E-state index contributed by atoms with van der Waals surface area (Å²) in [6.45, 7) is 2.07. The van der Waals surface area contributed by atoms with Gasteiger partial charge in [0.15, 0.2) is 5.43 Å². The van der Waals surface area contributed by atoms with Crippen molar-refractivity contribution < 1.29 is 4.79 Å². The molecule has 1 aromatic carbocycles. The second-order valence-electron chi connectivity index (χ2n) is 4.65. The van der Waals surface area contributed by atoms with Crippen LogP contribution in [0.4, 0.5) is 0 Å². The molecule has 2 aromatic rings. The van der Waals surface area contributed by atoms with E-state index in [1.807, 2.05) is 30.3 Å². The number of benzene rings is 1. The lowest BCUT2D eigenvalue weighted by molar-refractivity contribution is 0.0933. The molecular weight excluding hydrogens is 252 g/mol. The maximum atomic E-state index is 12.2. The van der Waals surface area contributed by atoms with Gasteiger partial charge in [0.2, 0.25) is 0 Å². The summed E-state index contributed by atoms with van der Waals surface area (Å²) in [5.74, 6) is -0.339. The van der Waals surface area contributed by atoms with Gasteiger partial charge in [-0.05, 0) is 12.0 Å². The molecule has 0 saturated heterocycles. The number of hydrogen-bond acceptors (Lipinski definition) is 2. The Bertz CT molecular complexity index is 620. The van der Waals surface area contributed by atoms with Gasteiger partial charge in [-0.2, -0.15) is 0 Å². The summed E-state index contributed by atoms with van der Waals surface area (Å²) in [7, 11) is 0. The van der Waals surface area contributed by atoms with Crippen LogP contribution in [-0.4, -0.2) is 10.9 Å². The van der Waals surface area contributed by atoms with Gasteiger partial charge in [0.05, 0.1) is 6.04 Å². The number of amides is 1. The van der Waals surface area contributed by atoms with Crippen molar-refractivity contribution in [3.05, 3.63) is 70.1 Å². The van der Waals surface area contributed by atoms with E-state index in [-0.39, 0.29) is 22.9 Å². The smallest absolute Gasteiger partial charge is 0.257 e. The Balaban J connectivity index is 2.19. The molecule has 1 atom stereocenters. The van der Waals surface area contributed by atoms with Crippen molar-refractivity contribution >= 4 is 5.91 Å². The first kappa shape index (κ1) is 14.1. The van der Waals surface area contributed by atoms with Crippen molar-refractivity contribution in [3.63, 3.8) is 0 Å². The van der Waals surface area contributed by atoms with Gasteiger partial charge in [-0.15, -0.1) is 0 Å². The zero-order valence-electron chi connectivity index (χ0n) is 11.4. The molecule has 4 nitrogen and oxygen atoms in total. The van der Waals surface area contributed by atoms with Crippen LogP contribution in [0.5, 0.6) is 0 Å². The number of carbonyl (C=O) groups is 1. The van der Waals surface area contributed by atoms with Crippen molar-refractivity contribution in [1.82, 2.24) is 10.3 Å². The van der Waals surface area contributed by atoms with Crippen molar-refractivity contribution in [2.45, 2.75) is 25.8 Å². The van der Waals surface area contributed by atoms with E-state index in [0.717, 1.165) is 18.4 Å². The average molecular weight is 270 g/mol. The first-order chi connectivity index (χ1) is 9.72. The fourth-order valence-electron chi connectivity index (χ4n) is 2.13. The maximum absolute atomic E-state index is 12.2. The fourth-order valence-corrected chi connectivity index (χ4v) is 2.13. The molecule has 1 aromatic heterocycles. The van der Waals surface area contributed by atoms with E-state index >= 15 is 0 Å². The third-order valence-electron chi connectivity index (χ3n) is 3.15. The number of nitrogens with one attached hydrogen (secondary N) is 2. The SMILES string of the molecule is CCCC(NC(=O)c1c[nH]ccc1=O)c1ccccc1. The fraction of sp³-hybridized carbons (Fsp3) is 0.250. The van der Waals surface area contributed by atoms with Crippen LogP contribution in [0.3, 0.4) is 0 Å². The molecule has 2 N–H and O–H groups in total. The van der Waals surface area contributed by atoms with Crippen LogP contribution in [0.2, 0.25) is 0 Å². The van der Waals surface area contributed by atoms with E-state index in [1.165, 1.54) is 18.5 Å². The minimum Gasteiger partial charge on any atom is -0.367 e. The number of H-pyrrole nitrogens is 1. The standard InChI is InChI=1S/C16H18N2O2/c1-2-6-14(12-7-4-3-5-8-12)18-16(20)13-11-17-10-9-15(13)19/h3-5,7-11,14H,2,6H2,1H3,(H,17,19)(H,18,20). The first-order valence-corrected chi connectivity index (χ1v) is 6.75. The molecule has 0 saturated carbocycles. The normalized spacial score (nSPS) is 11.8. The van der Waals surface area contributed by atoms with Crippen molar-refractivity contribution in [2.24, 2.45) is 0 Å². The predicted molar refractivity (Wildman–Crippen MR) is 78.6 cm³/mol. The molecule has 20 heavy (non-hydrogen) atoms. The summed E-state index contributed by atoms with van der Waals surface area (Å²) in [5, 5.41) is 2.93. The Labute approximate surface area is 117 Å². The van der Waals surface area contributed by atoms with Crippen LogP contribution in [-0.2, 0) is 0 Å². The molecule has 1 unspecified atom stereocenters. The highest BCUT2D eigenvalue weighted by atomic mass is 16.2. The van der Waals surface area contributed by atoms with E-state index in [0.29, 0.717) is 0 Å². The Morgan fingerprint density at radius 3 is 2.65 bits per heavy atom. The summed E-state index contributed by atoms with van der Waals surface area (Å²) >= 11 is 0. The first-order valence-electron chi connectivity index (χ1n) is 6.75. The summed E-state index contributed by atoms with van der Waals surface area (Å²) < 4.78 is 0. The number of rotatable bonds is 5. The highest BCUT2D eigenvalue weighted by molar-refractivity contribution is 5.94. The van der Waals surface area contributed by atoms with Gasteiger partial charge in [0.1, 0.15) is 5.56 Å². The number of pyridine rings is 1. The van der Waals surface area contributed by atoms with Gasteiger partial charge in [0, 0.05) is 18.5 Å². The Hall–Kier alpha value is -2.36. The lowest BCUT2D eigenvalue weighted by Gasteiger charge is -2.18. The topological polar surface area (TPSA) is 62.0 Å². The summed E-state index contributed by atoms with van der Waals surface area (Å²) in [5.41, 5.74) is 0.921. The monoisotopic (exact) mass is 270 g/mol. The minimum atomic E-state index is -0.339. The molecule has 0 radical (unpaired) electrons. The highest BCUT2D eigenvalue weighted by Gasteiger charge is 2.16. The molecule has 0 bridgehead atoms. The molecule has 0 aliphatic rings. The molecule has 104 valence electrons. The molecule has 1 heterocycles. The molecule has 1 amide bonds. The van der Waals surface area contributed by atoms with Crippen LogP contribution in [0.15, 0.2) is 53.6 Å². The molecule has 0 spiro atoms. The number of aromatic nitrogens is 1. The molecule has 0 fully saturated rings. The molecule has 4 heteroatoms. The van der Waals surface area contributed by atoms with Gasteiger partial charge in [-0.3, -0.25) is 9.59 Å². The minimum absolute atomic E-state index is 0.0756. The third-order valence-corrected chi connectivity index (χ3v) is 3.15. The van der Waals surface area contributed by atoms with Crippen LogP contribution in [0.25, 0.3) is 0 Å². The molecule has 2 rings (SSSR count). The predicted octanol–water partition coefficient (Wildman–Crippen LogP) is 2.65. The van der Waals surface area contributed by atoms with Crippen molar-refractivity contribution in [3.8, 4) is 0 Å². The lowest BCUT2D eigenvalue weighted by Crippen LogP contribution is -2.32. The second-order valence-corrected chi connectivity index (χ2v) is 4.65. The zero-order chi connectivity index (χ0) is 14.4. The van der Waals surface area contributed by atoms with Crippen molar-refractivity contribution in [2.75, 3.05) is 0 Å². The highest BCUT2D eigenvalue weighted by Crippen LogP contribution is 2.18. The van der Waals surface area contributed by atoms with Crippen LogP contribution in [0.1, 0.15) is 41.7 Å². The van der Waals surface area contributed by atoms with Gasteiger partial charge < -0.3 is 10.3 Å². The number of hydrogen-bond donors (Lipinski definition) is 2. The average Bonchev–Trinajstić information content (AvgIpc) is 2.48. The Morgan fingerprint density at radius 1 is 1.25 bits per heavy atom. The van der Waals surface area contributed by atoms with E-state index in [2.05, 4.69) is 17.2 Å². The molecule has 0 aliphatic heterocycles. The van der Waals surface area contributed by atoms with E-state index in [1.54, 1.807) is 0 Å². The summed E-state index contributed by atoms with van der Waals surface area (Å²) in [6.07, 6.45) is 4.73. The molecule has 0 aliphatic carbocycles. The van der Waals surface area contributed by atoms with Crippen LogP contribution in [0, 0.1) is 0 Å². The largest absolute Gasteiger partial charge is 0.367 e. The summed E-state index contributed by atoms with van der Waals surface area (Å²) in [6, 6.07) is 11.1. The van der Waals surface area contributed by atoms with Crippen molar-refractivity contribution in [1.29, 1.82) is 0 Å². The third kappa shape index (κ3) is 3.35. The lowest BCUT2D eigenvalue weighted by atomic mass is 10.0.